The number of aromatic nitrogens is 1. The fraction of sp³-hybridized carbons (Fsp3) is 0.538. The zero-order chi connectivity index (χ0) is 12.8. The Kier molecular flexibility index (Phi) is 4.94. The molecule has 1 heterocycles. The molecular formula is C13H19NO3. The van der Waals surface area contributed by atoms with Crippen LogP contribution in [0.1, 0.15) is 38.3 Å². The first kappa shape index (κ1) is 13.5. The van der Waals surface area contributed by atoms with Gasteiger partial charge in [0, 0.05) is 11.8 Å². The third kappa shape index (κ3) is 3.19. The van der Waals surface area contributed by atoms with E-state index in [9.17, 15) is 9.59 Å². The summed E-state index contributed by atoms with van der Waals surface area (Å²) >= 11 is 0. The molecule has 0 saturated carbocycles. The number of esters is 1. The van der Waals surface area contributed by atoms with Crippen molar-refractivity contribution in [2.24, 2.45) is 0 Å². The minimum Gasteiger partial charge on any atom is -0.464 e. The molecule has 1 aromatic rings. The number of hydrogen-bond donors (Lipinski definition) is 0. The van der Waals surface area contributed by atoms with E-state index in [1.165, 1.54) is 4.57 Å². The SMILES string of the molecule is CCCOC(=O)C(CC)n1cccc(C)c1=O. The maximum atomic E-state index is 11.9. The highest BCUT2D eigenvalue weighted by Crippen LogP contribution is 2.11. The van der Waals surface area contributed by atoms with Crippen molar-refractivity contribution in [1.82, 2.24) is 4.57 Å². The van der Waals surface area contributed by atoms with Gasteiger partial charge in [-0.05, 0) is 25.8 Å². The summed E-state index contributed by atoms with van der Waals surface area (Å²) < 4.78 is 6.55. The Bertz CT molecular complexity index is 437. The van der Waals surface area contributed by atoms with Gasteiger partial charge in [-0.3, -0.25) is 4.79 Å². The molecule has 0 aliphatic rings. The molecule has 0 aliphatic carbocycles. The van der Waals surface area contributed by atoms with E-state index in [0.29, 0.717) is 18.6 Å². The van der Waals surface area contributed by atoms with Gasteiger partial charge in [0.1, 0.15) is 6.04 Å². The highest BCUT2D eigenvalue weighted by Gasteiger charge is 2.20. The molecule has 0 radical (unpaired) electrons. The van der Waals surface area contributed by atoms with Crippen molar-refractivity contribution in [3.8, 4) is 0 Å². The summed E-state index contributed by atoms with van der Waals surface area (Å²) in [4.78, 5) is 23.7. The number of ether oxygens (including phenoxy) is 1. The molecule has 0 amide bonds. The average Bonchev–Trinajstić information content (AvgIpc) is 2.32. The van der Waals surface area contributed by atoms with Crippen LogP contribution in [0.5, 0.6) is 0 Å². The fourth-order valence-corrected chi connectivity index (χ4v) is 1.64. The van der Waals surface area contributed by atoms with Crippen LogP contribution in [-0.2, 0) is 9.53 Å². The molecule has 17 heavy (non-hydrogen) atoms. The quantitative estimate of drug-likeness (QED) is 0.736. The van der Waals surface area contributed by atoms with E-state index in [4.69, 9.17) is 4.74 Å². The maximum absolute atomic E-state index is 11.9. The van der Waals surface area contributed by atoms with Gasteiger partial charge in [0.2, 0.25) is 0 Å². The van der Waals surface area contributed by atoms with Crippen molar-refractivity contribution in [3.63, 3.8) is 0 Å². The van der Waals surface area contributed by atoms with Crippen molar-refractivity contribution in [2.45, 2.75) is 39.7 Å². The Morgan fingerprint density at radius 3 is 2.76 bits per heavy atom. The summed E-state index contributed by atoms with van der Waals surface area (Å²) in [6, 6.07) is 2.99. The highest BCUT2D eigenvalue weighted by molar-refractivity contribution is 5.74. The molecule has 0 saturated heterocycles. The van der Waals surface area contributed by atoms with E-state index in [0.717, 1.165) is 6.42 Å². The molecular weight excluding hydrogens is 218 g/mol. The molecule has 1 aromatic heterocycles. The minimum absolute atomic E-state index is 0.132. The van der Waals surface area contributed by atoms with Gasteiger partial charge in [0.25, 0.3) is 5.56 Å². The minimum atomic E-state index is -0.519. The molecule has 0 spiro atoms. The molecule has 4 heteroatoms. The Labute approximate surface area is 101 Å². The monoisotopic (exact) mass is 237 g/mol. The Balaban J connectivity index is 2.97. The van der Waals surface area contributed by atoms with Crippen LogP contribution in [0.25, 0.3) is 0 Å². The van der Waals surface area contributed by atoms with Crippen molar-refractivity contribution >= 4 is 5.97 Å². The largest absolute Gasteiger partial charge is 0.464 e. The average molecular weight is 237 g/mol. The number of rotatable bonds is 5. The van der Waals surface area contributed by atoms with Gasteiger partial charge in [-0.1, -0.05) is 19.9 Å². The molecule has 0 N–H and O–H groups in total. The first-order chi connectivity index (χ1) is 8.11. The standard InChI is InChI=1S/C13H19NO3/c1-4-9-17-13(16)11(5-2)14-8-6-7-10(3)12(14)15/h6-8,11H,4-5,9H2,1-3H3. The lowest BCUT2D eigenvalue weighted by Gasteiger charge is -2.17. The first-order valence-corrected chi connectivity index (χ1v) is 5.96. The Morgan fingerprint density at radius 2 is 2.18 bits per heavy atom. The summed E-state index contributed by atoms with van der Waals surface area (Å²) in [6.45, 7) is 5.94. The summed E-state index contributed by atoms with van der Waals surface area (Å²) in [5.41, 5.74) is 0.502. The second-order valence-corrected chi connectivity index (χ2v) is 4.00. The summed E-state index contributed by atoms with van der Waals surface area (Å²) in [7, 11) is 0. The number of aryl methyl sites for hydroxylation is 1. The first-order valence-electron chi connectivity index (χ1n) is 5.96. The van der Waals surface area contributed by atoms with Gasteiger partial charge in [-0.25, -0.2) is 4.79 Å². The molecule has 0 bridgehead atoms. The van der Waals surface area contributed by atoms with Crippen LogP contribution >= 0.6 is 0 Å². The van der Waals surface area contributed by atoms with E-state index in [1.807, 2.05) is 13.8 Å². The molecule has 0 aromatic carbocycles. The van der Waals surface area contributed by atoms with Crippen molar-refractivity contribution in [2.75, 3.05) is 6.61 Å². The predicted molar refractivity (Wildman–Crippen MR) is 66.0 cm³/mol. The number of carbonyl (C=O) groups is 1. The summed E-state index contributed by atoms with van der Waals surface area (Å²) in [5.74, 6) is -0.331. The summed E-state index contributed by atoms with van der Waals surface area (Å²) in [5, 5.41) is 0. The van der Waals surface area contributed by atoms with E-state index in [-0.39, 0.29) is 11.5 Å². The topological polar surface area (TPSA) is 48.3 Å². The molecule has 1 atom stereocenters. The second kappa shape index (κ2) is 6.23. The van der Waals surface area contributed by atoms with Crippen LogP contribution in [0.2, 0.25) is 0 Å². The molecule has 1 unspecified atom stereocenters. The number of hydrogen-bond acceptors (Lipinski definition) is 3. The molecule has 1 rings (SSSR count). The zero-order valence-electron chi connectivity index (χ0n) is 10.6. The van der Waals surface area contributed by atoms with E-state index in [1.54, 1.807) is 25.3 Å². The maximum Gasteiger partial charge on any atom is 0.329 e. The number of nitrogens with zero attached hydrogens (tertiary/aromatic N) is 1. The second-order valence-electron chi connectivity index (χ2n) is 4.00. The van der Waals surface area contributed by atoms with E-state index < -0.39 is 6.04 Å². The van der Waals surface area contributed by atoms with Gasteiger partial charge in [0.05, 0.1) is 6.61 Å². The predicted octanol–water partition coefficient (Wildman–Crippen LogP) is 2.06. The van der Waals surface area contributed by atoms with Crippen LogP contribution in [0.4, 0.5) is 0 Å². The number of pyridine rings is 1. The third-order valence-corrected chi connectivity index (χ3v) is 2.61. The highest BCUT2D eigenvalue weighted by atomic mass is 16.5. The molecule has 0 fully saturated rings. The van der Waals surface area contributed by atoms with Gasteiger partial charge in [0.15, 0.2) is 0 Å². The van der Waals surface area contributed by atoms with Crippen molar-refractivity contribution < 1.29 is 9.53 Å². The van der Waals surface area contributed by atoms with Crippen LogP contribution in [-0.4, -0.2) is 17.1 Å². The Hall–Kier alpha value is -1.58. The van der Waals surface area contributed by atoms with Crippen molar-refractivity contribution in [1.29, 1.82) is 0 Å². The smallest absolute Gasteiger partial charge is 0.329 e. The zero-order valence-corrected chi connectivity index (χ0v) is 10.6. The lowest BCUT2D eigenvalue weighted by molar-refractivity contribution is -0.147. The molecule has 4 nitrogen and oxygen atoms in total. The summed E-state index contributed by atoms with van der Waals surface area (Å²) in [6.07, 6.45) is 2.97. The third-order valence-electron chi connectivity index (χ3n) is 2.61. The van der Waals surface area contributed by atoms with E-state index in [2.05, 4.69) is 0 Å². The van der Waals surface area contributed by atoms with Gasteiger partial charge < -0.3 is 9.30 Å². The lowest BCUT2D eigenvalue weighted by Crippen LogP contribution is -2.31. The fourth-order valence-electron chi connectivity index (χ4n) is 1.64. The van der Waals surface area contributed by atoms with Crippen LogP contribution < -0.4 is 5.56 Å². The van der Waals surface area contributed by atoms with Gasteiger partial charge in [-0.15, -0.1) is 0 Å². The van der Waals surface area contributed by atoms with Crippen molar-refractivity contribution in [3.05, 3.63) is 34.2 Å². The Morgan fingerprint density at radius 1 is 1.47 bits per heavy atom. The van der Waals surface area contributed by atoms with Crippen LogP contribution in [0.15, 0.2) is 23.1 Å². The van der Waals surface area contributed by atoms with Crippen LogP contribution in [0.3, 0.4) is 0 Å². The molecule has 94 valence electrons. The number of carbonyl (C=O) groups excluding carboxylic acids is 1. The lowest BCUT2D eigenvalue weighted by atomic mass is 10.2. The molecule has 0 aliphatic heterocycles. The van der Waals surface area contributed by atoms with Crippen LogP contribution in [0, 0.1) is 6.92 Å². The van der Waals surface area contributed by atoms with E-state index >= 15 is 0 Å². The van der Waals surface area contributed by atoms with Gasteiger partial charge in [-0.2, -0.15) is 0 Å². The normalized spacial score (nSPS) is 12.2. The van der Waals surface area contributed by atoms with Gasteiger partial charge >= 0.3 is 5.97 Å².